The van der Waals surface area contributed by atoms with Gasteiger partial charge in [0, 0.05) is 23.5 Å². The van der Waals surface area contributed by atoms with Gasteiger partial charge in [0.25, 0.3) is 0 Å². The molecule has 108 valence electrons. The molecule has 1 aromatic carbocycles. The predicted octanol–water partition coefficient (Wildman–Crippen LogP) is 1.40. The van der Waals surface area contributed by atoms with Crippen LogP contribution in [0, 0.1) is 20.8 Å². The molecule has 0 aliphatic carbocycles. The van der Waals surface area contributed by atoms with E-state index in [9.17, 15) is 8.42 Å². The fourth-order valence-electron chi connectivity index (χ4n) is 2.05. The van der Waals surface area contributed by atoms with E-state index in [1.807, 2.05) is 6.92 Å². The third-order valence-electron chi connectivity index (χ3n) is 3.30. The molecule has 0 amide bonds. The van der Waals surface area contributed by atoms with Gasteiger partial charge in [0.2, 0.25) is 10.0 Å². The van der Waals surface area contributed by atoms with Gasteiger partial charge in [0.1, 0.15) is 0 Å². The van der Waals surface area contributed by atoms with E-state index in [0.29, 0.717) is 16.8 Å². The van der Waals surface area contributed by atoms with Crippen LogP contribution in [0.3, 0.4) is 0 Å². The lowest BCUT2D eigenvalue weighted by Crippen LogP contribution is -2.25. The Hall–Kier alpha value is -1.86. The van der Waals surface area contributed by atoms with Crippen molar-refractivity contribution in [3.8, 4) is 0 Å². The third kappa shape index (κ3) is 2.68. The van der Waals surface area contributed by atoms with E-state index in [4.69, 9.17) is 5.73 Å². The van der Waals surface area contributed by atoms with Crippen molar-refractivity contribution < 1.29 is 8.42 Å². The maximum atomic E-state index is 12.4. The van der Waals surface area contributed by atoms with Gasteiger partial charge in [-0.2, -0.15) is 5.10 Å². The van der Waals surface area contributed by atoms with Gasteiger partial charge < -0.3 is 5.73 Å². The Bertz CT molecular complexity index is 735. The molecule has 0 atom stereocenters. The number of nitrogens with zero attached hydrogens (tertiary/aromatic N) is 1. The molecule has 1 aromatic heterocycles. The molecular weight excluding hydrogens is 276 g/mol. The number of nitrogens with one attached hydrogen (secondary N) is 2. The first kappa shape index (κ1) is 14.5. The molecule has 0 saturated heterocycles. The highest BCUT2D eigenvalue weighted by molar-refractivity contribution is 7.89. The second-order valence-corrected chi connectivity index (χ2v) is 6.47. The van der Waals surface area contributed by atoms with Crippen molar-refractivity contribution in [2.75, 3.05) is 5.73 Å². The molecule has 2 aromatic rings. The Balaban J connectivity index is 2.32. The van der Waals surface area contributed by atoms with Gasteiger partial charge in [-0.1, -0.05) is 6.07 Å². The van der Waals surface area contributed by atoms with Gasteiger partial charge in [-0.3, -0.25) is 5.10 Å². The summed E-state index contributed by atoms with van der Waals surface area (Å²) in [5.41, 5.74) is 9.16. The number of nitrogens with two attached hydrogens (primary N) is 1. The van der Waals surface area contributed by atoms with Gasteiger partial charge in [-0.25, -0.2) is 13.1 Å². The molecule has 1 heterocycles. The van der Waals surface area contributed by atoms with Crippen LogP contribution >= 0.6 is 0 Å². The number of nitrogen functional groups attached to an aromatic ring is 1. The van der Waals surface area contributed by atoms with Crippen LogP contribution in [0.15, 0.2) is 23.2 Å². The number of hydrogen-bond donors (Lipinski definition) is 3. The summed E-state index contributed by atoms with van der Waals surface area (Å²) in [5, 5.41) is 6.64. The summed E-state index contributed by atoms with van der Waals surface area (Å²) in [5.74, 6) is 0. The standard InChI is InChI=1S/C13H18N4O2S/c1-8-4-5-12(14)9(2)13(8)20(18,19)16-7-11-6-15-17-10(11)3/h4-6,16H,7,14H2,1-3H3,(H,15,17). The van der Waals surface area contributed by atoms with Crippen LogP contribution in [0.4, 0.5) is 5.69 Å². The molecule has 6 nitrogen and oxygen atoms in total. The van der Waals surface area contributed by atoms with Crippen molar-refractivity contribution in [1.82, 2.24) is 14.9 Å². The monoisotopic (exact) mass is 294 g/mol. The van der Waals surface area contributed by atoms with E-state index in [-0.39, 0.29) is 11.4 Å². The molecule has 0 saturated carbocycles. The number of aryl methyl sites for hydroxylation is 2. The number of benzene rings is 1. The Morgan fingerprint density at radius 3 is 2.60 bits per heavy atom. The first-order chi connectivity index (χ1) is 9.33. The molecule has 20 heavy (non-hydrogen) atoms. The highest BCUT2D eigenvalue weighted by Crippen LogP contribution is 2.24. The minimum atomic E-state index is -3.61. The Labute approximate surface area is 118 Å². The number of aromatic nitrogens is 2. The average molecular weight is 294 g/mol. The van der Waals surface area contributed by atoms with Gasteiger partial charge in [-0.15, -0.1) is 0 Å². The zero-order valence-electron chi connectivity index (χ0n) is 11.7. The van der Waals surface area contributed by atoms with Crippen LogP contribution in [0.2, 0.25) is 0 Å². The zero-order chi connectivity index (χ0) is 14.9. The molecule has 0 bridgehead atoms. The lowest BCUT2D eigenvalue weighted by molar-refractivity contribution is 0.580. The van der Waals surface area contributed by atoms with Crippen molar-refractivity contribution >= 4 is 15.7 Å². The lowest BCUT2D eigenvalue weighted by Gasteiger charge is -2.13. The van der Waals surface area contributed by atoms with Gasteiger partial charge >= 0.3 is 0 Å². The average Bonchev–Trinajstić information content (AvgIpc) is 2.77. The van der Waals surface area contributed by atoms with Crippen molar-refractivity contribution in [2.24, 2.45) is 0 Å². The van der Waals surface area contributed by atoms with Crippen LogP contribution in [0.1, 0.15) is 22.4 Å². The molecule has 0 aliphatic rings. The molecule has 0 aliphatic heterocycles. The highest BCUT2D eigenvalue weighted by Gasteiger charge is 2.20. The maximum Gasteiger partial charge on any atom is 0.241 e. The van der Waals surface area contributed by atoms with Crippen molar-refractivity contribution in [3.05, 3.63) is 40.7 Å². The molecule has 0 radical (unpaired) electrons. The Morgan fingerprint density at radius 1 is 1.30 bits per heavy atom. The Morgan fingerprint density at radius 2 is 2.00 bits per heavy atom. The zero-order valence-corrected chi connectivity index (χ0v) is 12.5. The quantitative estimate of drug-likeness (QED) is 0.742. The smallest absolute Gasteiger partial charge is 0.241 e. The number of anilines is 1. The fraction of sp³-hybridized carbons (Fsp3) is 0.308. The van der Waals surface area contributed by atoms with Crippen LogP contribution in [-0.2, 0) is 16.6 Å². The first-order valence-corrected chi connectivity index (χ1v) is 7.65. The number of hydrogen-bond acceptors (Lipinski definition) is 4. The van der Waals surface area contributed by atoms with Crippen LogP contribution < -0.4 is 10.5 Å². The summed E-state index contributed by atoms with van der Waals surface area (Å²) in [7, 11) is -3.61. The Kier molecular flexibility index (Phi) is 3.82. The van der Waals surface area contributed by atoms with E-state index in [1.165, 1.54) is 0 Å². The second-order valence-electron chi connectivity index (χ2n) is 4.77. The second kappa shape index (κ2) is 5.26. The largest absolute Gasteiger partial charge is 0.398 e. The van der Waals surface area contributed by atoms with Crippen molar-refractivity contribution in [1.29, 1.82) is 0 Å². The summed E-state index contributed by atoms with van der Waals surface area (Å²) >= 11 is 0. The summed E-state index contributed by atoms with van der Waals surface area (Å²) < 4.78 is 27.5. The first-order valence-electron chi connectivity index (χ1n) is 6.17. The van der Waals surface area contributed by atoms with E-state index in [2.05, 4.69) is 14.9 Å². The van der Waals surface area contributed by atoms with Crippen LogP contribution in [0.5, 0.6) is 0 Å². The topological polar surface area (TPSA) is 101 Å². The minimum Gasteiger partial charge on any atom is -0.398 e. The summed E-state index contributed by atoms with van der Waals surface area (Å²) in [6.07, 6.45) is 1.61. The minimum absolute atomic E-state index is 0.193. The third-order valence-corrected chi connectivity index (χ3v) is 4.99. The number of H-pyrrole nitrogens is 1. The van der Waals surface area contributed by atoms with Crippen molar-refractivity contribution in [2.45, 2.75) is 32.2 Å². The number of rotatable bonds is 4. The van der Waals surface area contributed by atoms with Gasteiger partial charge in [0.05, 0.1) is 11.1 Å². The molecule has 7 heteroatoms. The van der Waals surface area contributed by atoms with Crippen LogP contribution in [-0.4, -0.2) is 18.6 Å². The van der Waals surface area contributed by atoms with Crippen LogP contribution in [0.25, 0.3) is 0 Å². The number of sulfonamides is 1. The maximum absolute atomic E-state index is 12.4. The summed E-state index contributed by atoms with van der Waals surface area (Å²) in [6, 6.07) is 3.42. The van der Waals surface area contributed by atoms with E-state index >= 15 is 0 Å². The molecule has 0 spiro atoms. The normalized spacial score (nSPS) is 11.8. The summed E-state index contributed by atoms with van der Waals surface area (Å²) in [6.45, 7) is 5.50. The number of aromatic amines is 1. The fourth-order valence-corrected chi connectivity index (χ4v) is 3.56. The van der Waals surface area contributed by atoms with E-state index in [0.717, 1.165) is 11.3 Å². The predicted molar refractivity (Wildman–Crippen MR) is 77.7 cm³/mol. The molecule has 0 fully saturated rings. The lowest BCUT2D eigenvalue weighted by atomic mass is 10.1. The molecule has 2 rings (SSSR count). The molecule has 0 unspecified atom stereocenters. The SMILES string of the molecule is Cc1ccc(N)c(C)c1S(=O)(=O)NCc1cn[nH]c1C. The van der Waals surface area contributed by atoms with E-state index in [1.54, 1.807) is 32.2 Å². The summed E-state index contributed by atoms with van der Waals surface area (Å²) in [4.78, 5) is 0.249. The van der Waals surface area contributed by atoms with Gasteiger partial charge in [0.15, 0.2) is 0 Å². The highest BCUT2D eigenvalue weighted by atomic mass is 32.2. The molecular formula is C13H18N4O2S. The van der Waals surface area contributed by atoms with E-state index < -0.39 is 10.0 Å². The molecule has 4 N–H and O–H groups in total. The van der Waals surface area contributed by atoms with Crippen molar-refractivity contribution in [3.63, 3.8) is 0 Å². The van der Waals surface area contributed by atoms with Gasteiger partial charge in [-0.05, 0) is 38.0 Å².